The Morgan fingerprint density at radius 1 is 0.491 bits per heavy atom. The van der Waals surface area contributed by atoms with Gasteiger partial charge in [0.1, 0.15) is 0 Å². The molecule has 6 aromatic rings. The number of thiophene rings is 2. The summed E-state index contributed by atoms with van der Waals surface area (Å²) in [5.74, 6) is 0. The number of allylic oxidation sites excluding steroid dienone is 2. The second-order valence-corrected chi connectivity index (χ2v) is 32.9. The molecule has 8 rings (SSSR count). The van der Waals surface area contributed by atoms with E-state index in [1.54, 1.807) is 22.3 Å². The summed E-state index contributed by atoms with van der Waals surface area (Å²) in [6.07, 6.45) is 7.38. The Morgan fingerprint density at radius 2 is 0.873 bits per heavy atom. The van der Waals surface area contributed by atoms with Gasteiger partial charge in [0.05, 0.1) is 0 Å². The molecule has 0 bridgehead atoms. The predicted molar refractivity (Wildman–Crippen MR) is 238 cm³/mol. The summed E-state index contributed by atoms with van der Waals surface area (Å²) in [6.45, 7) is 19.2. The molecule has 7 heteroatoms. The second kappa shape index (κ2) is 16.9. The third-order valence-electron chi connectivity index (χ3n) is 11.2. The van der Waals surface area contributed by atoms with E-state index in [4.69, 9.17) is 0 Å². The number of halogens is 2. The molecule has 0 radical (unpaired) electrons. The Morgan fingerprint density at radius 3 is 1.20 bits per heavy atom. The van der Waals surface area contributed by atoms with E-state index in [1.165, 1.54) is 63.3 Å². The van der Waals surface area contributed by atoms with Crippen molar-refractivity contribution in [3.8, 4) is 22.3 Å². The first kappa shape index (κ1) is 42.3. The maximum atomic E-state index is 2.60. The summed E-state index contributed by atoms with van der Waals surface area (Å²) in [5, 5.41) is 3.04. The molecule has 2 aliphatic rings. The van der Waals surface area contributed by atoms with Crippen molar-refractivity contribution in [2.24, 2.45) is 0 Å². The fourth-order valence-corrected chi connectivity index (χ4v) is 17.8. The molecule has 2 heterocycles. The Kier molecular flexibility index (Phi) is 13.0. The van der Waals surface area contributed by atoms with E-state index < -0.39 is 39.4 Å². The average molecular weight is 909 g/mol. The molecule has 4 aromatic carbocycles. The Labute approximate surface area is 363 Å². The zero-order valence-electron chi connectivity index (χ0n) is 33.2. The zero-order chi connectivity index (χ0) is 37.1. The summed E-state index contributed by atoms with van der Waals surface area (Å²) in [5.41, 5.74) is 14.6. The first-order valence-electron chi connectivity index (χ1n) is 19.3. The standard InChI is InChI=1S/2C24H25SSi.2ClH.Zr/c2*1-5-20-11-14-24(25-20)19-15-18-7-6-8-22(23(18)16-19)17-9-12-21(13-10-17)26(2,3)4;;;/h2*6-16H,5H2,1-4H3;2*1H;/q;;;;+2/p-2. The molecule has 2 aromatic heterocycles. The van der Waals surface area contributed by atoms with Crippen LogP contribution in [0.4, 0.5) is 0 Å². The number of hydrogen-bond acceptors (Lipinski definition) is 2. The minimum Gasteiger partial charge on any atom is -1.00 e. The van der Waals surface area contributed by atoms with E-state index in [1.807, 2.05) is 22.7 Å². The van der Waals surface area contributed by atoms with Gasteiger partial charge < -0.3 is 24.8 Å². The Hall–Kier alpha value is -2.34. The van der Waals surface area contributed by atoms with Gasteiger partial charge in [0.15, 0.2) is 0 Å². The number of hydrogen-bond donors (Lipinski definition) is 0. The van der Waals surface area contributed by atoms with E-state index in [2.05, 4.69) is 174 Å². The first-order chi connectivity index (χ1) is 25.4. The number of rotatable bonds is 10. The molecule has 280 valence electrons. The SMILES string of the molecule is CCc1ccc(C2=Cc3c(-c4ccc([Si](C)(C)C)cc4)cccc3[CH]2[Zr+2][CH]2C(c3ccc(CC)s3)=Cc3c(-c4ccc([Si](C)(C)C)cc4)cccc32)s1.[Cl-].[Cl-]. The molecule has 2 atom stereocenters. The molecule has 0 nitrogen and oxygen atoms in total. The monoisotopic (exact) mass is 906 g/mol. The molecular formula is C48H50Cl2S2Si2Zr. The molecule has 0 amide bonds. The maximum Gasteiger partial charge on any atom is -1.00 e. The molecule has 0 fully saturated rings. The summed E-state index contributed by atoms with van der Waals surface area (Å²) in [6, 6.07) is 43.1. The van der Waals surface area contributed by atoms with Crippen molar-refractivity contribution in [2.75, 3.05) is 0 Å². The van der Waals surface area contributed by atoms with Crippen LogP contribution in [0.25, 0.3) is 45.6 Å². The summed E-state index contributed by atoms with van der Waals surface area (Å²) in [7, 11) is -2.75. The molecule has 0 N–H and O–H groups in total. The van der Waals surface area contributed by atoms with Crippen molar-refractivity contribution >= 4 is 72.5 Å². The van der Waals surface area contributed by atoms with Gasteiger partial charge in [-0.25, -0.2) is 0 Å². The van der Waals surface area contributed by atoms with Crippen LogP contribution >= 0.6 is 22.7 Å². The van der Waals surface area contributed by atoms with Gasteiger partial charge in [-0.15, -0.1) is 0 Å². The van der Waals surface area contributed by atoms with Crippen LogP contribution in [0.1, 0.15) is 62.9 Å². The van der Waals surface area contributed by atoms with Crippen molar-refractivity contribution in [1.29, 1.82) is 0 Å². The van der Waals surface area contributed by atoms with Crippen LogP contribution in [0.2, 0.25) is 39.3 Å². The summed E-state index contributed by atoms with van der Waals surface area (Å²) < 4.78 is 0.950. The third-order valence-corrected chi connectivity index (χ3v) is 22.6. The van der Waals surface area contributed by atoms with E-state index in [9.17, 15) is 0 Å². The van der Waals surface area contributed by atoms with Crippen molar-refractivity contribution in [2.45, 2.75) is 73.2 Å². The van der Waals surface area contributed by atoms with Gasteiger partial charge in [-0.05, 0) is 0 Å². The van der Waals surface area contributed by atoms with Gasteiger partial charge in [-0.3, -0.25) is 0 Å². The number of fused-ring (bicyclic) bond motifs is 2. The van der Waals surface area contributed by atoms with Crippen molar-refractivity contribution in [1.82, 2.24) is 0 Å². The van der Waals surface area contributed by atoms with Crippen LogP contribution in [-0.4, -0.2) is 16.1 Å². The summed E-state index contributed by atoms with van der Waals surface area (Å²) in [4.78, 5) is 5.89. The molecule has 0 spiro atoms. The zero-order valence-corrected chi connectivity index (χ0v) is 40.8. The van der Waals surface area contributed by atoms with Gasteiger partial charge in [0.25, 0.3) is 0 Å². The van der Waals surface area contributed by atoms with Gasteiger partial charge >= 0.3 is 342 Å². The molecule has 0 saturated heterocycles. The normalized spacial score (nSPS) is 16.0. The van der Waals surface area contributed by atoms with Crippen LogP contribution in [0, 0.1) is 0 Å². The van der Waals surface area contributed by atoms with Crippen LogP contribution < -0.4 is 35.2 Å². The summed E-state index contributed by atoms with van der Waals surface area (Å²) >= 11 is 2.83. The van der Waals surface area contributed by atoms with Crippen molar-refractivity contribution < 1.29 is 48.0 Å². The maximum absolute atomic E-state index is 2.60. The molecule has 55 heavy (non-hydrogen) atoms. The van der Waals surface area contributed by atoms with Crippen LogP contribution in [0.3, 0.4) is 0 Å². The van der Waals surface area contributed by atoms with Crippen LogP contribution in [-0.2, 0) is 36.1 Å². The molecule has 2 aliphatic carbocycles. The van der Waals surface area contributed by atoms with Gasteiger partial charge in [-0.1, -0.05) is 0 Å². The van der Waals surface area contributed by atoms with Gasteiger partial charge in [-0.2, -0.15) is 0 Å². The average Bonchev–Trinajstić information content (AvgIpc) is 3.96. The molecule has 2 unspecified atom stereocenters. The second-order valence-electron chi connectivity index (χ2n) is 16.7. The predicted octanol–water partition coefficient (Wildman–Crippen LogP) is 7.34. The first-order valence-corrected chi connectivity index (χ1v) is 30.7. The molecule has 0 saturated carbocycles. The van der Waals surface area contributed by atoms with E-state index in [0.717, 1.165) is 12.8 Å². The number of benzene rings is 4. The topological polar surface area (TPSA) is 0 Å². The van der Waals surface area contributed by atoms with Gasteiger partial charge in [0.2, 0.25) is 0 Å². The van der Waals surface area contributed by atoms with E-state index >= 15 is 0 Å². The van der Waals surface area contributed by atoms with E-state index in [0.29, 0.717) is 7.25 Å². The Bertz CT molecular complexity index is 2200. The Balaban J connectivity index is 0.00000257. The number of aryl methyl sites for hydroxylation is 2. The van der Waals surface area contributed by atoms with Gasteiger partial charge in [0, 0.05) is 0 Å². The smallest absolute Gasteiger partial charge is 1.00 e. The van der Waals surface area contributed by atoms with Crippen molar-refractivity contribution in [3.05, 3.63) is 151 Å². The molecule has 0 aliphatic heterocycles. The largest absolute Gasteiger partial charge is 1.00 e. The quantitative estimate of drug-likeness (QED) is 0.126. The minimum atomic E-state index is -1.37. The fourth-order valence-electron chi connectivity index (χ4n) is 8.01. The third kappa shape index (κ3) is 8.33. The minimum absolute atomic E-state index is 0. The van der Waals surface area contributed by atoms with E-state index in [-0.39, 0.29) is 24.8 Å². The van der Waals surface area contributed by atoms with Crippen LogP contribution in [0.15, 0.2) is 109 Å². The van der Waals surface area contributed by atoms with Crippen LogP contribution in [0.5, 0.6) is 0 Å². The van der Waals surface area contributed by atoms with Crippen molar-refractivity contribution in [3.63, 3.8) is 0 Å². The molecular weight excluding hydrogens is 859 g/mol. The fraction of sp³-hybridized carbons (Fsp3) is 0.250.